The second-order valence-corrected chi connectivity index (χ2v) is 5.55. The highest BCUT2D eigenvalue weighted by Crippen LogP contribution is 2.29. The van der Waals surface area contributed by atoms with Gasteiger partial charge < -0.3 is 16.8 Å². The molecule has 0 aliphatic carbocycles. The number of halogens is 1. The topological polar surface area (TPSA) is 55.5 Å². The highest BCUT2D eigenvalue weighted by atomic mass is 35.5. The molecule has 2 N–H and O–H groups in total. The standard InChI is InChI=1S/C19H17N3O.ClH/c1-2-16-21-17-14-10-6-7-11-15(14)23-18(17)19(22-16)20-12-13-8-4-3-5-9-13;/h3-11H,2,12H2,1H3,(H,20,21,22);1H. The maximum atomic E-state index is 6.02. The third kappa shape index (κ3) is 2.98. The van der Waals surface area contributed by atoms with Crippen molar-refractivity contribution in [2.75, 3.05) is 0 Å². The molecule has 122 valence electrons. The van der Waals surface area contributed by atoms with Gasteiger partial charge in [-0.2, -0.15) is 4.98 Å². The number of fused-ring (bicyclic) bond motifs is 3. The van der Waals surface area contributed by atoms with Crippen molar-refractivity contribution in [3.8, 4) is 0 Å². The Hall–Kier alpha value is -2.43. The molecule has 4 nitrogen and oxygen atoms in total. The molecule has 0 bridgehead atoms. The van der Waals surface area contributed by atoms with Gasteiger partial charge in [-0.1, -0.05) is 49.4 Å². The molecule has 4 aromatic rings. The number of nitrogens with zero attached hydrogens (tertiary/aromatic N) is 2. The molecular weight excluding hydrogens is 322 g/mol. The molecule has 0 aliphatic rings. The quantitative estimate of drug-likeness (QED) is 0.583. The summed E-state index contributed by atoms with van der Waals surface area (Å²) in [5, 5.41) is 3.18. The van der Waals surface area contributed by atoms with Crippen LogP contribution in [0.1, 0.15) is 18.3 Å². The molecule has 2 aromatic carbocycles. The highest BCUT2D eigenvalue weighted by Gasteiger charge is 2.17. The van der Waals surface area contributed by atoms with Crippen molar-refractivity contribution >= 4 is 27.9 Å². The summed E-state index contributed by atoms with van der Waals surface area (Å²) in [4.78, 5) is 9.34. The van der Waals surface area contributed by atoms with E-state index in [1.54, 1.807) is 0 Å². The zero-order chi connectivity index (χ0) is 15.6. The van der Waals surface area contributed by atoms with Crippen LogP contribution in [0.4, 0.5) is 5.82 Å². The van der Waals surface area contributed by atoms with Gasteiger partial charge in [0.1, 0.15) is 23.5 Å². The van der Waals surface area contributed by atoms with Gasteiger partial charge >= 0.3 is 0 Å². The Bertz CT molecular complexity index is 966. The first kappa shape index (κ1) is 16.4. The van der Waals surface area contributed by atoms with Crippen LogP contribution < -0.4 is 17.7 Å². The SMILES string of the molecule is CCc1nc([NH2+]Cc2ccccc2)c2oc3ccccc3c2n1.[Cl-]. The molecule has 0 amide bonds. The molecule has 4 rings (SSSR count). The van der Waals surface area contributed by atoms with Crippen LogP contribution in [-0.4, -0.2) is 9.97 Å². The Balaban J connectivity index is 0.00000169. The lowest BCUT2D eigenvalue weighted by atomic mass is 10.2. The maximum Gasteiger partial charge on any atom is 0.272 e. The lowest BCUT2D eigenvalue weighted by molar-refractivity contribution is -0.591. The Morgan fingerprint density at radius 3 is 2.50 bits per heavy atom. The Labute approximate surface area is 146 Å². The number of furan rings is 1. The number of hydrogen-bond acceptors (Lipinski definition) is 3. The van der Waals surface area contributed by atoms with Crippen LogP contribution >= 0.6 is 0 Å². The molecule has 0 saturated heterocycles. The van der Waals surface area contributed by atoms with Crippen molar-refractivity contribution in [1.29, 1.82) is 0 Å². The first-order valence-corrected chi connectivity index (χ1v) is 7.90. The van der Waals surface area contributed by atoms with Crippen LogP contribution in [0.25, 0.3) is 22.1 Å². The summed E-state index contributed by atoms with van der Waals surface area (Å²) in [6.45, 7) is 2.90. The van der Waals surface area contributed by atoms with E-state index in [-0.39, 0.29) is 12.4 Å². The van der Waals surface area contributed by atoms with Gasteiger partial charge in [0.2, 0.25) is 5.58 Å². The van der Waals surface area contributed by atoms with Crippen LogP contribution in [0, 0.1) is 0 Å². The van der Waals surface area contributed by atoms with Gasteiger partial charge in [-0.3, -0.25) is 5.32 Å². The van der Waals surface area contributed by atoms with Gasteiger partial charge in [0.05, 0.1) is 0 Å². The van der Waals surface area contributed by atoms with E-state index < -0.39 is 0 Å². The molecule has 0 fully saturated rings. The fourth-order valence-corrected chi connectivity index (χ4v) is 2.79. The monoisotopic (exact) mass is 339 g/mol. The number of nitrogens with two attached hydrogens (primary N) is 1. The van der Waals surface area contributed by atoms with Crippen LogP contribution in [0.5, 0.6) is 0 Å². The maximum absolute atomic E-state index is 6.02. The lowest BCUT2D eigenvalue weighted by Crippen LogP contribution is -3.00. The van der Waals surface area contributed by atoms with Gasteiger partial charge in [-0.05, 0) is 12.1 Å². The second kappa shape index (κ2) is 6.99. The van der Waals surface area contributed by atoms with Gasteiger partial charge in [0.15, 0.2) is 0 Å². The number of rotatable bonds is 4. The summed E-state index contributed by atoms with van der Waals surface area (Å²) in [7, 11) is 0. The average Bonchev–Trinajstić information content (AvgIpc) is 2.99. The van der Waals surface area contributed by atoms with Crippen LogP contribution in [-0.2, 0) is 13.0 Å². The fraction of sp³-hybridized carbons (Fsp3) is 0.158. The van der Waals surface area contributed by atoms with E-state index in [1.807, 2.05) is 24.3 Å². The molecule has 0 radical (unpaired) electrons. The second-order valence-electron chi connectivity index (χ2n) is 5.55. The molecule has 2 aromatic heterocycles. The van der Waals surface area contributed by atoms with Gasteiger partial charge in [-0.25, -0.2) is 4.98 Å². The largest absolute Gasteiger partial charge is 1.00 e. The molecule has 0 spiro atoms. The number of para-hydroxylation sites is 1. The van der Waals surface area contributed by atoms with Crippen molar-refractivity contribution in [3.63, 3.8) is 0 Å². The molecular formula is C19H18ClN3O. The van der Waals surface area contributed by atoms with E-state index in [0.717, 1.165) is 46.7 Å². The molecule has 2 heterocycles. The summed E-state index contributed by atoms with van der Waals surface area (Å²) < 4.78 is 6.02. The van der Waals surface area contributed by atoms with E-state index in [4.69, 9.17) is 4.42 Å². The van der Waals surface area contributed by atoms with E-state index in [2.05, 4.69) is 52.5 Å². The minimum atomic E-state index is 0. The molecule has 5 heteroatoms. The zero-order valence-corrected chi connectivity index (χ0v) is 14.1. The van der Waals surface area contributed by atoms with Crippen molar-refractivity contribution in [2.24, 2.45) is 0 Å². The summed E-state index contributed by atoms with van der Waals surface area (Å²) in [5.74, 6) is 1.73. The molecule has 0 saturated carbocycles. The van der Waals surface area contributed by atoms with Crippen LogP contribution in [0.3, 0.4) is 0 Å². The average molecular weight is 340 g/mol. The van der Waals surface area contributed by atoms with Gasteiger partial charge in [-0.15, -0.1) is 0 Å². The summed E-state index contributed by atoms with van der Waals surface area (Å²) in [6, 6.07) is 18.4. The van der Waals surface area contributed by atoms with Crippen molar-refractivity contribution in [2.45, 2.75) is 19.9 Å². The first-order valence-electron chi connectivity index (χ1n) is 7.90. The smallest absolute Gasteiger partial charge is 0.272 e. The summed E-state index contributed by atoms with van der Waals surface area (Å²) in [5.41, 5.74) is 3.80. The Kier molecular flexibility index (Phi) is 4.79. The van der Waals surface area contributed by atoms with Crippen molar-refractivity contribution < 1.29 is 22.1 Å². The number of quaternary nitrogens is 1. The van der Waals surface area contributed by atoms with Crippen molar-refractivity contribution in [3.05, 3.63) is 66.0 Å². The van der Waals surface area contributed by atoms with Crippen LogP contribution in [0.2, 0.25) is 0 Å². The predicted octanol–water partition coefficient (Wildman–Crippen LogP) is 0.337. The predicted molar refractivity (Wildman–Crippen MR) is 90.4 cm³/mol. The first-order chi connectivity index (χ1) is 11.3. The highest BCUT2D eigenvalue weighted by molar-refractivity contribution is 6.04. The number of aryl methyl sites for hydroxylation is 1. The Morgan fingerprint density at radius 2 is 1.71 bits per heavy atom. The number of benzene rings is 2. The van der Waals surface area contributed by atoms with Gasteiger partial charge in [0.25, 0.3) is 5.82 Å². The molecule has 24 heavy (non-hydrogen) atoms. The minimum absolute atomic E-state index is 0. The normalized spacial score (nSPS) is 10.9. The number of aromatic nitrogens is 2. The van der Waals surface area contributed by atoms with E-state index in [0.29, 0.717) is 0 Å². The minimum Gasteiger partial charge on any atom is -1.00 e. The van der Waals surface area contributed by atoms with E-state index in [1.165, 1.54) is 5.56 Å². The summed E-state index contributed by atoms with van der Waals surface area (Å²) in [6.07, 6.45) is 0.807. The third-order valence-electron chi connectivity index (χ3n) is 3.98. The van der Waals surface area contributed by atoms with E-state index in [9.17, 15) is 0 Å². The fourth-order valence-electron chi connectivity index (χ4n) is 2.79. The molecule has 0 aliphatic heterocycles. The lowest BCUT2D eigenvalue weighted by Gasteiger charge is -2.03. The van der Waals surface area contributed by atoms with E-state index >= 15 is 0 Å². The van der Waals surface area contributed by atoms with Crippen LogP contribution in [0.15, 0.2) is 59.0 Å². The molecule has 0 atom stereocenters. The number of hydrogen-bond donors (Lipinski definition) is 1. The van der Waals surface area contributed by atoms with Gasteiger partial charge in [0, 0.05) is 17.4 Å². The zero-order valence-electron chi connectivity index (χ0n) is 13.4. The Morgan fingerprint density at radius 1 is 0.958 bits per heavy atom. The molecule has 0 unspecified atom stereocenters. The third-order valence-corrected chi connectivity index (χ3v) is 3.98. The summed E-state index contributed by atoms with van der Waals surface area (Å²) >= 11 is 0. The van der Waals surface area contributed by atoms with Crippen molar-refractivity contribution in [1.82, 2.24) is 9.97 Å².